The van der Waals surface area contributed by atoms with Crippen molar-refractivity contribution >= 4 is 0 Å². The number of aromatic amines is 1. The number of H-pyrrole nitrogens is 1. The molecule has 1 heterocycles. The maximum absolute atomic E-state index is 6.64. The Labute approximate surface area is 387 Å². The summed E-state index contributed by atoms with van der Waals surface area (Å²) < 4.78 is 19.9. The van der Waals surface area contributed by atoms with E-state index >= 15 is 0 Å². The van der Waals surface area contributed by atoms with Crippen LogP contribution in [0.25, 0.3) is 11.3 Å². The summed E-state index contributed by atoms with van der Waals surface area (Å²) in [6, 6.07) is 8.56. The second-order valence-electron chi connectivity index (χ2n) is 19.2. The summed E-state index contributed by atoms with van der Waals surface area (Å²) in [6.07, 6.45) is 59.3. The number of aromatic nitrogens is 1. The largest absolute Gasteiger partial charge is 0.490 e. The standard InChI is InChI=1S/C58H105NO3/c1-4-7-10-13-16-19-22-25-28-31-34-37-40-43-49-60-56-52-54(55-47-46-48-59-55)53-57(61-50-44-41-38-35-32-29-26-23-20-17-14-11-8-5-2)58(56)62-51-45-42-39-36-33-30-27-24-21-18-15-12-9-6-3/h46-48,52-53,59H,4-45,49-51H2,1-3H3. The van der Waals surface area contributed by atoms with Crippen LogP contribution in [0.3, 0.4) is 0 Å². The van der Waals surface area contributed by atoms with Gasteiger partial charge in [-0.05, 0) is 43.5 Å². The number of hydrogen-bond acceptors (Lipinski definition) is 3. The lowest BCUT2D eigenvalue weighted by Gasteiger charge is -2.19. The highest BCUT2D eigenvalue weighted by Crippen LogP contribution is 2.42. The fourth-order valence-electron chi connectivity index (χ4n) is 9.03. The summed E-state index contributed by atoms with van der Waals surface area (Å²) in [7, 11) is 0. The molecule has 4 heteroatoms. The molecule has 0 spiro atoms. The van der Waals surface area contributed by atoms with Gasteiger partial charge in [0.05, 0.1) is 19.8 Å². The number of ether oxygens (including phenoxy) is 3. The van der Waals surface area contributed by atoms with E-state index in [1.807, 2.05) is 6.20 Å². The molecular formula is C58H105NO3. The number of unbranched alkanes of at least 4 members (excludes halogenated alkanes) is 39. The third-order valence-corrected chi connectivity index (χ3v) is 13.2. The molecule has 0 amide bonds. The van der Waals surface area contributed by atoms with Crippen molar-refractivity contribution in [1.29, 1.82) is 0 Å². The molecule has 1 N–H and O–H groups in total. The van der Waals surface area contributed by atoms with E-state index in [0.29, 0.717) is 6.61 Å². The van der Waals surface area contributed by atoms with Crippen LogP contribution in [-0.2, 0) is 0 Å². The highest BCUT2D eigenvalue weighted by Gasteiger charge is 2.17. The van der Waals surface area contributed by atoms with E-state index < -0.39 is 0 Å². The Morgan fingerprint density at radius 3 is 0.839 bits per heavy atom. The number of benzene rings is 1. The van der Waals surface area contributed by atoms with Gasteiger partial charge in [-0.15, -0.1) is 0 Å². The average Bonchev–Trinajstić information content (AvgIpc) is 3.84. The predicted octanol–water partition coefficient (Wildman–Crippen LogP) is 20.3. The molecule has 0 aliphatic heterocycles. The van der Waals surface area contributed by atoms with Crippen molar-refractivity contribution in [2.75, 3.05) is 19.8 Å². The molecule has 0 fully saturated rings. The first-order chi connectivity index (χ1) is 30.8. The summed E-state index contributed by atoms with van der Waals surface area (Å²) in [5.41, 5.74) is 2.19. The minimum absolute atomic E-state index is 0.713. The van der Waals surface area contributed by atoms with E-state index in [1.165, 1.54) is 250 Å². The minimum Gasteiger partial charge on any atom is -0.490 e. The molecule has 2 aromatic rings. The van der Waals surface area contributed by atoms with Crippen LogP contribution >= 0.6 is 0 Å². The first-order valence-electron chi connectivity index (χ1n) is 28.0. The van der Waals surface area contributed by atoms with E-state index in [9.17, 15) is 0 Å². The van der Waals surface area contributed by atoms with Crippen molar-refractivity contribution in [3.8, 4) is 28.5 Å². The van der Waals surface area contributed by atoms with Crippen LogP contribution in [-0.4, -0.2) is 24.8 Å². The Bertz CT molecular complexity index is 1120. The zero-order valence-corrected chi connectivity index (χ0v) is 41.9. The van der Waals surface area contributed by atoms with Gasteiger partial charge in [0, 0.05) is 17.5 Å². The molecule has 0 unspecified atom stereocenters. The summed E-state index contributed by atoms with van der Waals surface area (Å²) in [5, 5.41) is 0. The molecule has 0 saturated heterocycles. The third kappa shape index (κ3) is 32.5. The van der Waals surface area contributed by atoms with Gasteiger partial charge < -0.3 is 19.2 Å². The van der Waals surface area contributed by atoms with Crippen LogP contribution in [0.5, 0.6) is 17.2 Å². The highest BCUT2D eigenvalue weighted by molar-refractivity contribution is 5.68. The zero-order chi connectivity index (χ0) is 44.1. The van der Waals surface area contributed by atoms with Gasteiger partial charge in [-0.3, -0.25) is 0 Å². The number of rotatable bonds is 49. The van der Waals surface area contributed by atoms with Crippen molar-refractivity contribution in [3.05, 3.63) is 30.5 Å². The zero-order valence-electron chi connectivity index (χ0n) is 41.9. The van der Waals surface area contributed by atoms with Gasteiger partial charge >= 0.3 is 0 Å². The first-order valence-corrected chi connectivity index (χ1v) is 28.0. The Balaban J connectivity index is 1.80. The monoisotopic (exact) mass is 864 g/mol. The predicted molar refractivity (Wildman–Crippen MR) is 274 cm³/mol. The van der Waals surface area contributed by atoms with Crippen molar-refractivity contribution < 1.29 is 14.2 Å². The smallest absolute Gasteiger partial charge is 0.203 e. The molecule has 0 bridgehead atoms. The molecule has 1 aromatic heterocycles. The van der Waals surface area contributed by atoms with Crippen molar-refractivity contribution in [2.45, 2.75) is 290 Å². The molecule has 2 rings (SSSR count). The van der Waals surface area contributed by atoms with Crippen molar-refractivity contribution in [3.63, 3.8) is 0 Å². The van der Waals surface area contributed by atoms with Crippen molar-refractivity contribution in [2.24, 2.45) is 0 Å². The summed E-state index contributed by atoms with van der Waals surface area (Å²) >= 11 is 0. The summed E-state index contributed by atoms with van der Waals surface area (Å²) in [6.45, 7) is 9.07. The fourth-order valence-corrected chi connectivity index (χ4v) is 9.03. The van der Waals surface area contributed by atoms with Crippen LogP contribution in [0.4, 0.5) is 0 Å². The van der Waals surface area contributed by atoms with Gasteiger partial charge in [-0.25, -0.2) is 0 Å². The summed E-state index contributed by atoms with van der Waals surface area (Å²) in [4.78, 5) is 3.42. The molecule has 360 valence electrons. The van der Waals surface area contributed by atoms with Gasteiger partial charge in [0.1, 0.15) is 0 Å². The van der Waals surface area contributed by atoms with Gasteiger partial charge in [0.15, 0.2) is 11.5 Å². The second kappa shape index (κ2) is 44.1. The van der Waals surface area contributed by atoms with Gasteiger partial charge in [0.25, 0.3) is 0 Å². The molecule has 1 aromatic carbocycles. The van der Waals surface area contributed by atoms with Crippen LogP contribution in [0.15, 0.2) is 30.5 Å². The number of hydrogen-bond donors (Lipinski definition) is 1. The Kier molecular flexibility index (Phi) is 39.9. The maximum atomic E-state index is 6.64. The lowest BCUT2D eigenvalue weighted by molar-refractivity contribution is 0.234. The van der Waals surface area contributed by atoms with Crippen LogP contribution < -0.4 is 14.2 Å². The lowest BCUT2D eigenvalue weighted by atomic mass is 10.0. The molecule has 0 aliphatic carbocycles. The molecule has 4 nitrogen and oxygen atoms in total. The van der Waals surface area contributed by atoms with E-state index in [4.69, 9.17) is 14.2 Å². The molecule has 0 radical (unpaired) electrons. The average molecular weight is 864 g/mol. The van der Waals surface area contributed by atoms with Crippen LogP contribution in [0, 0.1) is 0 Å². The Morgan fingerprint density at radius 1 is 0.323 bits per heavy atom. The molecular weight excluding hydrogens is 759 g/mol. The van der Waals surface area contributed by atoms with Crippen LogP contribution in [0.2, 0.25) is 0 Å². The topological polar surface area (TPSA) is 43.5 Å². The first kappa shape index (κ1) is 56.0. The highest BCUT2D eigenvalue weighted by atomic mass is 16.5. The van der Waals surface area contributed by atoms with Gasteiger partial charge in [-0.2, -0.15) is 0 Å². The molecule has 0 aliphatic rings. The SMILES string of the molecule is CCCCCCCCCCCCCCCCOc1cc(-c2ccc[nH]2)cc(OCCCCCCCCCCCCCCCC)c1OCCCCCCCCCCCCCCCC. The molecule has 0 saturated carbocycles. The Morgan fingerprint density at radius 2 is 0.581 bits per heavy atom. The maximum Gasteiger partial charge on any atom is 0.203 e. The van der Waals surface area contributed by atoms with E-state index in [-0.39, 0.29) is 0 Å². The van der Waals surface area contributed by atoms with Crippen LogP contribution in [0.1, 0.15) is 290 Å². The third-order valence-electron chi connectivity index (χ3n) is 13.2. The minimum atomic E-state index is 0.713. The van der Waals surface area contributed by atoms with Gasteiger partial charge in [0.2, 0.25) is 5.75 Å². The summed E-state index contributed by atoms with van der Waals surface area (Å²) in [5.74, 6) is 2.49. The fraction of sp³-hybridized carbons (Fsp3) is 0.828. The van der Waals surface area contributed by atoms with E-state index in [0.717, 1.165) is 61.0 Å². The van der Waals surface area contributed by atoms with Gasteiger partial charge in [-0.1, -0.05) is 271 Å². The molecule has 62 heavy (non-hydrogen) atoms. The lowest BCUT2D eigenvalue weighted by Crippen LogP contribution is -2.07. The van der Waals surface area contributed by atoms with E-state index in [1.54, 1.807) is 0 Å². The molecule has 0 atom stereocenters. The number of nitrogens with one attached hydrogen (secondary N) is 1. The second-order valence-corrected chi connectivity index (χ2v) is 19.2. The van der Waals surface area contributed by atoms with Crippen molar-refractivity contribution in [1.82, 2.24) is 4.98 Å². The Hall–Kier alpha value is -2.10. The normalized spacial score (nSPS) is 11.5. The van der Waals surface area contributed by atoms with E-state index in [2.05, 4.69) is 50.0 Å². The quantitative estimate of drug-likeness (QED) is 0.0674.